The third-order valence-corrected chi connectivity index (χ3v) is 7.63. The molecule has 3 nitrogen and oxygen atoms in total. The summed E-state index contributed by atoms with van der Waals surface area (Å²) in [5.74, 6) is 0.682. The van der Waals surface area contributed by atoms with Gasteiger partial charge >= 0.3 is 5.97 Å². The van der Waals surface area contributed by atoms with Crippen molar-refractivity contribution < 1.29 is 14.3 Å². The van der Waals surface area contributed by atoms with Gasteiger partial charge in [-0.3, -0.25) is 4.79 Å². The number of ketones is 1. The zero-order valence-electron chi connectivity index (χ0n) is 16.2. The Labute approximate surface area is 179 Å². The number of Topliss-reactive ketones (excluding diaryl/α,β-unsaturated/α-hetero) is 1. The van der Waals surface area contributed by atoms with Crippen LogP contribution in [0.1, 0.15) is 56.0 Å². The standard InChI is InChI=1S/C24H22O3S2/c1-2-27-23(26)22-19-13-18(17-11-7-4-8-12-17)14-20(25)21(19)24(29-22)28-15-16-9-5-3-6-10-16/h3-12,18H,2,13-15H2,1H3. The predicted octanol–water partition coefficient (Wildman–Crippen LogP) is 6.13. The van der Waals surface area contributed by atoms with E-state index in [4.69, 9.17) is 4.74 Å². The van der Waals surface area contributed by atoms with Crippen molar-refractivity contribution in [1.82, 2.24) is 0 Å². The molecule has 2 aromatic carbocycles. The summed E-state index contributed by atoms with van der Waals surface area (Å²) in [6.45, 7) is 2.13. The van der Waals surface area contributed by atoms with Crippen LogP contribution in [0.5, 0.6) is 0 Å². The molecular weight excluding hydrogens is 400 g/mol. The molecule has 5 heteroatoms. The Morgan fingerprint density at radius 1 is 1.07 bits per heavy atom. The molecule has 0 aliphatic heterocycles. The summed E-state index contributed by atoms with van der Waals surface area (Å²) in [5.41, 5.74) is 3.95. The van der Waals surface area contributed by atoms with E-state index < -0.39 is 0 Å². The number of ether oxygens (including phenoxy) is 1. The van der Waals surface area contributed by atoms with Crippen LogP contribution < -0.4 is 0 Å². The highest BCUT2D eigenvalue weighted by atomic mass is 32.2. The Hall–Kier alpha value is -2.37. The van der Waals surface area contributed by atoms with Gasteiger partial charge in [-0.25, -0.2) is 4.79 Å². The topological polar surface area (TPSA) is 43.4 Å². The zero-order valence-corrected chi connectivity index (χ0v) is 17.9. The van der Waals surface area contributed by atoms with Gasteiger partial charge in [-0.1, -0.05) is 60.7 Å². The molecule has 29 heavy (non-hydrogen) atoms. The van der Waals surface area contributed by atoms with Gasteiger partial charge in [0.1, 0.15) is 4.88 Å². The first kappa shape index (κ1) is 19.9. The van der Waals surface area contributed by atoms with Crippen molar-refractivity contribution in [1.29, 1.82) is 0 Å². The first-order valence-electron chi connectivity index (χ1n) is 9.75. The molecule has 3 aromatic rings. The summed E-state index contributed by atoms with van der Waals surface area (Å²) in [6.07, 6.45) is 1.18. The maximum atomic E-state index is 13.1. The minimum atomic E-state index is -0.318. The van der Waals surface area contributed by atoms with Crippen LogP contribution in [-0.2, 0) is 16.9 Å². The van der Waals surface area contributed by atoms with Gasteiger partial charge in [0.05, 0.1) is 10.8 Å². The molecule has 1 atom stereocenters. The summed E-state index contributed by atoms with van der Waals surface area (Å²) < 4.78 is 6.23. The molecular formula is C24H22O3S2. The molecule has 148 valence electrons. The SMILES string of the molecule is CCOC(=O)c1sc(SCc2ccccc2)c2c1CC(c1ccccc1)CC2=O. The second-order valence-electron chi connectivity index (χ2n) is 7.01. The molecule has 4 rings (SSSR count). The summed E-state index contributed by atoms with van der Waals surface area (Å²) in [4.78, 5) is 26.3. The minimum Gasteiger partial charge on any atom is -0.462 e. The number of carbonyl (C=O) groups is 2. The van der Waals surface area contributed by atoms with Gasteiger partial charge in [-0.15, -0.1) is 23.1 Å². The van der Waals surface area contributed by atoms with E-state index in [1.807, 2.05) is 36.4 Å². The maximum Gasteiger partial charge on any atom is 0.348 e. The number of thioether (sulfide) groups is 1. The van der Waals surface area contributed by atoms with E-state index in [0.717, 1.165) is 26.7 Å². The van der Waals surface area contributed by atoms with E-state index in [1.54, 1.807) is 18.7 Å². The lowest BCUT2D eigenvalue weighted by atomic mass is 9.80. The van der Waals surface area contributed by atoms with E-state index in [2.05, 4.69) is 24.3 Å². The van der Waals surface area contributed by atoms with Gasteiger partial charge in [0.2, 0.25) is 0 Å². The van der Waals surface area contributed by atoms with Crippen LogP contribution in [0.3, 0.4) is 0 Å². The molecule has 0 saturated heterocycles. The largest absolute Gasteiger partial charge is 0.462 e. The third-order valence-electron chi connectivity index (χ3n) is 5.08. The van der Waals surface area contributed by atoms with E-state index >= 15 is 0 Å². The second kappa shape index (κ2) is 8.97. The summed E-state index contributed by atoms with van der Waals surface area (Å²) >= 11 is 3.05. The Balaban J connectivity index is 1.68. The smallest absolute Gasteiger partial charge is 0.348 e. The fraction of sp³-hybridized carbons (Fsp3) is 0.250. The summed E-state index contributed by atoms with van der Waals surface area (Å²) in [5, 5.41) is 0. The molecule has 0 radical (unpaired) electrons. The lowest BCUT2D eigenvalue weighted by Crippen LogP contribution is -2.20. The van der Waals surface area contributed by atoms with Gasteiger partial charge < -0.3 is 4.74 Å². The Bertz CT molecular complexity index is 1010. The number of thiophene rings is 1. The molecule has 1 aromatic heterocycles. The van der Waals surface area contributed by atoms with E-state index in [-0.39, 0.29) is 17.7 Å². The number of carbonyl (C=O) groups excluding carboxylic acids is 2. The van der Waals surface area contributed by atoms with Crippen LogP contribution >= 0.6 is 23.1 Å². The van der Waals surface area contributed by atoms with E-state index in [0.29, 0.717) is 24.3 Å². The number of rotatable bonds is 6. The van der Waals surface area contributed by atoms with Crippen molar-refractivity contribution in [2.75, 3.05) is 6.61 Å². The van der Waals surface area contributed by atoms with Crippen LogP contribution in [0.25, 0.3) is 0 Å². The average molecular weight is 423 g/mol. The first-order valence-corrected chi connectivity index (χ1v) is 11.5. The van der Waals surface area contributed by atoms with Crippen molar-refractivity contribution >= 4 is 34.9 Å². The average Bonchev–Trinajstić information content (AvgIpc) is 3.13. The fourth-order valence-corrected chi connectivity index (χ4v) is 6.22. The summed E-state index contributed by atoms with van der Waals surface area (Å²) in [6, 6.07) is 20.3. The highest BCUT2D eigenvalue weighted by molar-refractivity contribution is 8.00. The second-order valence-corrected chi connectivity index (χ2v) is 9.27. The monoisotopic (exact) mass is 422 g/mol. The molecule has 0 saturated carbocycles. The molecule has 0 spiro atoms. The number of benzene rings is 2. The fourth-order valence-electron chi connectivity index (χ4n) is 3.71. The zero-order chi connectivity index (χ0) is 20.2. The normalized spacial score (nSPS) is 15.8. The molecule has 1 unspecified atom stereocenters. The van der Waals surface area contributed by atoms with Crippen molar-refractivity contribution in [2.24, 2.45) is 0 Å². The van der Waals surface area contributed by atoms with Crippen LogP contribution in [0.15, 0.2) is 64.9 Å². The highest BCUT2D eigenvalue weighted by Crippen LogP contribution is 2.44. The van der Waals surface area contributed by atoms with Crippen molar-refractivity contribution in [3.63, 3.8) is 0 Å². The molecule has 0 N–H and O–H groups in total. The van der Waals surface area contributed by atoms with Gasteiger partial charge in [0, 0.05) is 17.7 Å². The van der Waals surface area contributed by atoms with Gasteiger partial charge in [-0.05, 0) is 36.0 Å². The van der Waals surface area contributed by atoms with Gasteiger partial charge in [-0.2, -0.15) is 0 Å². The van der Waals surface area contributed by atoms with E-state index in [1.165, 1.54) is 16.9 Å². The maximum absolute atomic E-state index is 13.1. The van der Waals surface area contributed by atoms with Crippen molar-refractivity contribution in [3.05, 3.63) is 87.8 Å². The number of hydrogen-bond acceptors (Lipinski definition) is 5. The van der Waals surface area contributed by atoms with E-state index in [9.17, 15) is 9.59 Å². The van der Waals surface area contributed by atoms with Gasteiger partial charge in [0.25, 0.3) is 0 Å². The molecule has 1 aliphatic carbocycles. The lowest BCUT2D eigenvalue weighted by molar-refractivity contribution is 0.0531. The third kappa shape index (κ3) is 4.31. The first-order chi connectivity index (χ1) is 14.2. The number of fused-ring (bicyclic) bond motifs is 1. The van der Waals surface area contributed by atoms with Crippen molar-refractivity contribution in [3.8, 4) is 0 Å². The predicted molar refractivity (Wildman–Crippen MR) is 118 cm³/mol. The Kier molecular flexibility index (Phi) is 6.16. The number of hydrogen-bond donors (Lipinski definition) is 0. The number of esters is 1. The lowest BCUT2D eigenvalue weighted by Gasteiger charge is -2.23. The quantitative estimate of drug-likeness (QED) is 0.354. The molecule has 0 bridgehead atoms. The molecule has 0 amide bonds. The molecule has 1 aliphatic rings. The van der Waals surface area contributed by atoms with Crippen molar-refractivity contribution in [2.45, 2.75) is 35.6 Å². The highest BCUT2D eigenvalue weighted by Gasteiger charge is 2.34. The Morgan fingerprint density at radius 3 is 2.45 bits per heavy atom. The van der Waals surface area contributed by atoms with Crippen LogP contribution in [0, 0.1) is 0 Å². The molecule has 0 fully saturated rings. The Morgan fingerprint density at radius 2 is 1.76 bits per heavy atom. The minimum absolute atomic E-state index is 0.103. The van der Waals surface area contributed by atoms with Crippen LogP contribution in [0.2, 0.25) is 0 Å². The summed E-state index contributed by atoms with van der Waals surface area (Å²) in [7, 11) is 0. The van der Waals surface area contributed by atoms with Crippen LogP contribution in [0.4, 0.5) is 0 Å². The van der Waals surface area contributed by atoms with Gasteiger partial charge in [0.15, 0.2) is 5.78 Å². The van der Waals surface area contributed by atoms with Crippen LogP contribution in [-0.4, -0.2) is 18.4 Å². The molecule has 1 heterocycles.